The Labute approximate surface area is 863 Å². The van der Waals surface area contributed by atoms with Gasteiger partial charge in [0.15, 0.2) is 23.1 Å². The number of methoxy groups -OCH3 is 1. The van der Waals surface area contributed by atoms with E-state index in [1.165, 1.54) is 47.0 Å². The monoisotopic (exact) mass is 2100 g/mol. The van der Waals surface area contributed by atoms with Crippen molar-refractivity contribution < 1.29 is 108 Å². The number of fused-ring (bicyclic) bond motifs is 9. The average molecular weight is 2100 g/mol. The van der Waals surface area contributed by atoms with E-state index in [1.807, 2.05) is 66.7 Å². The number of alkyl halides is 3. The molecule has 6 aliphatic carbocycles. The van der Waals surface area contributed by atoms with Crippen LogP contribution in [0.15, 0.2) is 246 Å². The van der Waals surface area contributed by atoms with E-state index < -0.39 is 45.3 Å². The van der Waals surface area contributed by atoms with E-state index >= 15 is 0 Å². The second-order valence-corrected chi connectivity index (χ2v) is 40.4. The number of hydrogen-bond acceptors (Lipinski definition) is 22. The highest BCUT2D eigenvalue weighted by molar-refractivity contribution is 7.19. The molecule has 10 aliphatic rings. The molecule has 11 aromatic carbocycles. The minimum Gasteiger partial charge on any atom is -0.493 e. The van der Waals surface area contributed by atoms with Crippen LogP contribution in [-0.2, 0) is 87.8 Å². The van der Waals surface area contributed by atoms with Gasteiger partial charge in [0.05, 0.1) is 99.7 Å². The predicted molar refractivity (Wildman–Crippen MR) is 539 cm³/mol. The number of amides is 4. The first-order valence-electron chi connectivity index (χ1n) is 46.9. The number of halogens is 9. The molecule has 4 spiro atoms. The fraction of sp³-hybridized carbons (Fsp3) is 0.216. The average Bonchev–Trinajstić information content (AvgIpc) is 1.55. The summed E-state index contributed by atoms with van der Waals surface area (Å²) >= 11 is 33.8. The first-order valence-corrected chi connectivity index (χ1v) is 49.6. The standard InChI is InChI=1S/C31H24Cl2N2O6.C30H21Cl2FN2O5.C26H18ClNO4S.C24H17F3N2O4/c1-38-26-13-18(7-10-25(26)40-16-36)35-24-9-8-19(14-21(24)31(11-12-31)30(35)37)39-15-20-28(34-41-29(20)17-5-6-17)27-22(32)3-2-4-23(27)33;31-21-2-1-3-22(32)26(21)27-19(28(40-34-27)16-4-5-16)14-38-18-7-8-24-20(13-18)30(10-11-30)29(37)35(24)17-6-9-25(39-15-36)23(33)12-17;27-17-1-8-24-16(11-17)12-21(33-24)14-31-20-6-7-23-22(13-20)26(9-10-26)25(30)28(23)18-2-4-19(5-3-18)32-15-29;25-24(26,27)20-8-1-14(12-28-20)13-33-17-6-7-19-18(11-17)23(9-10-23)22(32)29(19)16-4-2-15(3-5-16)21(30)31/h2-4,7-10,13-14,16-17H,5-6,11-12,15H2,1H3;1-3,6-9,12-13,15-16H,4-5,10-11,14H2;1-8,11-13,15H,9-10,14H2;1-8,11-12H,9-10,13H2,(H,30,31). The molecule has 147 heavy (non-hydrogen) atoms. The Balaban J connectivity index is 0.000000112. The molecule has 0 bridgehead atoms. The Hall–Kier alpha value is -15.1. The number of thiophene rings is 1. The number of aromatic carboxylic acids is 1. The fourth-order valence-corrected chi connectivity index (χ4v) is 22.0. The summed E-state index contributed by atoms with van der Waals surface area (Å²) in [6.07, 6.45) is 6.71. The van der Waals surface area contributed by atoms with Gasteiger partial charge in [-0.1, -0.05) is 86.5 Å². The number of benzene rings is 11. The Morgan fingerprint density at radius 1 is 0.449 bits per heavy atom. The van der Waals surface area contributed by atoms with E-state index in [0.29, 0.717) is 157 Å². The number of carboxylic acids is 1. The molecule has 0 radical (unpaired) electrons. The molecule has 4 aromatic heterocycles. The first kappa shape index (κ1) is 96.7. The molecule has 742 valence electrons. The van der Waals surface area contributed by atoms with Crippen molar-refractivity contribution in [3.63, 3.8) is 0 Å². The summed E-state index contributed by atoms with van der Waals surface area (Å²) in [4.78, 5) is 108. The van der Waals surface area contributed by atoms with Gasteiger partial charge in [-0.3, -0.25) is 58.1 Å². The maximum atomic E-state index is 14.5. The van der Waals surface area contributed by atoms with Crippen molar-refractivity contribution in [3.05, 3.63) is 334 Å². The van der Waals surface area contributed by atoms with Crippen molar-refractivity contribution in [1.82, 2.24) is 15.3 Å². The number of rotatable bonds is 28. The second-order valence-electron chi connectivity index (χ2n) is 37.1. The SMILES string of the molecule is COc1cc(N2C(=O)C3(CC3)c3cc(OCc4c(-c5c(Cl)cccc5Cl)noc4C4CC4)ccc32)ccc1OC=O.O=C(O)c1ccc(N2C(=O)C3(CC3)c3cc(OCc4ccc(C(F)(F)F)nc4)ccc32)cc1.O=COc1ccc(N2C(=O)C3(CC3)c3cc(OCc4c(-c5c(Cl)cccc5Cl)noc4C4CC4)ccc32)cc1F.O=COc1ccc(N2C(=O)C3(CC3)c3cc(OCc4cc5cc(Cl)ccc5s4)ccc32)cc1. The van der Waals surface area contributed by atoms with Crippen LogP contribution in [0.1, 0.15) is 160 Å². The van der Waals surface area contributed by atoms with Gasteiger partial charge in [-0.15, -0.1) is 11.3 Å². The number of aromatic nitrogens is 3. The van der Waals surface area contributed by atoms with Crippen LogP contribution in [0.25, 0.3) is 32.6 Å². The number of nitrogens with zero attached hydrogens (tertiary/aromatic N) is 7. The molecular weight excluding hydrogens is 2020 g/mol. The smallest absolute Gasteiger partial charge is 0.433 e. The molecule has 36 heteroatoms. The molecule has 0 atom stereocenters. The Kier molecular flexibility index (Phi) is 25.2. The molecule has 4 amide bonds. The molecule has 6 fully saturated rings. The molecule has 15 aromatic rings. The van der Waals surface area contributed by atoms with E-state index in [1.54, 1.807) is 147 Å². The number of carboxylic acid groups (broad SMARTS) is 1. The first-order chi connectivity index (χ1) is 71.1. The van der Waals surface area contributed by atoms with Crippen molar-refractivity contribution in [2.75, 3.05) is 26.7 Å². The summed E-state index contributed by atoms with van der Waals surface area (Å²) in [7, 11) is 1.48. The van der Waals surface area contributed by atoms with Crippen LogP contribution in [-0.4, -0.2) is 76.5 Å². The molecule has 8 heterocycles. The van der Waals surface area contributed by atoms with Crippen LogP contribution in [0.3, 0.4) is 0 Å². The van der Waals surface area contributed by atoms with Crippen LogP contribution < -0.4 is 57.5 Å². The van der Waals surface area contributed by atoms with E-state index in [-0.39, 0.29) is 72.9 Å². The molecule has 25 rings (SSSR count). The Morgan fingerprint density at radius 2 is 0.850 bits per heavy atom. The minimum atomic E-state index is -4.50. The molecule has 26 nitrogen and oxygen atoms in total. The quantitative estimate of drug-likeness (QED) is 0.0352. The highest BCUT2D eigenvalue weighted by Crippen LogP contribution is 2.65. The van der Waals surface area contributed by atoms with Crippen LogP contribution in [0.2, 0.25) is 25.1 Å². The zero-order valence-corrected chi connectivity index (χ0v) is 82.0. The van der Waals surface area contributed by atoms with E-state index in [2.05, 4.69) is 26.1 Å². The predicted octanol–water partition coefficient (Wildman–Crippen LogP) is 26.3. The third-order valence-electron chi connectivity index (χ3n) is 28.1. The summed E-state index contributed by atoms with van der Waals surface area (Å²) in [6, 6.07) is 65.4. The highest BCUT2D eigenvalue weighted by Gasteiger charge is 2.63. The minimum absolute atomic E-state index is 0.00135. The van der Waals surface area contributed by atoms with Gasteiger partial charge in [0.25, 0.3) is 19.4 Å². The van der Waals surface area contributed by atoms with Crippen LogP contribution in [0.4, 0.5) is 63.1 Å². The van der Waals surface area contributed by atoms with Gasteiger partial charge in [-0.2, -0.15) is 13.2 Å². The molecule has 4 aliphatic heterocycles. The topological polar surface area (TPSA) is 309 Å². The van der Waals surface area contributed by atoms with Crippen LogP contribution in [0, 0.1) is 5.82 Å². The molecule has 1 N–H and O–H groups in total. The fourth-order valence-electron chi connectivity index (χ4n) is 19.7. The number of hydrogen-bond donors (Lipinski definition) is 1. The lowest BCUT2D eigenvalue weighted by Gasteiger charge is -2.20. The summed E-state index contributed by atoms with van der Waals surface area (Å²) < 4.78 is 110. The molecular formula is C111H80Cl5F4N7O19S. The van der Waals surface area contributed by atoms with Crippen LogP contribution in [0.5, 0.6) is 46.0 Å². The summed E-state index contributed by atoms with van der Waals surface area (Å²) in [5.41, 5.74) is 10.3. The summed E-state index contributed by atoms with van der Waals surface area (Å²) in [5, 5.41) is 21.5. The van der Waals surface area contributed by atoms with Crippen molar-refractivity contribution in [2.45, 2.75) is 143 Å². The van der Waals surface area contributed by atoms with Crippen molar-refractivity contribution in [3.8, 4) is 68.5 Å². The summed E-state index contributed by atoms with van der Waals surface area (Å²) in [6.45, 7) is 1.77. The molecule has 0 unspecified atom stereocenters. The van der Waals surface area contributed by atoms with E-state index in [9.17, 15) is 55.9 Å². The number of anilines is 8. The van der Waals surface area contributed by atoms with Gasteiger partial charge >= 0.3 is 12.1 Å². The van der Waals surface area contributed by atoms with Crippen molar-refractivity contribution in [2.24, 2.45) is 0 Å². The van der Waals surface area contributed by atoms with Gasteiger partial charge in [-0.05, 0) is 305 Å². The largest absolute Gasteiger partial charge is 0.493 e. The highest BCUT2D eigenvalue weighted by atomic mass is 35.5. The molecule has 0 saturated heterocycles. The lowest BCUT2D eigenvalue weighted by molar-refractivity contribution is -0.141. The number of ether oxygens (including phenoxy) is 8. The Morgan fingerprint density at radius 3 is 1.25 bits per heavy atom. The van der Waals surface area contributed by atoms with Crippen molar-refractivity contribution >= 4 is 174 Å². The lowest BCUT2D eigenvalue weighted by atomic mass is 9.98. The third-order valence-corrected chi connectivity index (χ3v) is 30.6. The zero-order valence-electron chi connectivity index (χ0n) is 77.5. The van der Waals surface area contributed by atoms with E-state index in [0.717, 1.165) is 147 Å². The van der Waals surface area contributed by atoms with Gasteiger partial charge < -0.3 is 52.0 Å². The van der Waals surface area contributed by atoms with Gasteiger partial charge in [0.1, 0.15) is 83.8 Å². The number of carbonyl (C=O) groups is 8. The molecule has 6 saturated carbocycles. The second kappa shape index (κ2) is 38.4. The van der Waals surface area contributed by atoms with Gasteiger partial charge in [0.2, 0.25) is 23.6 Å². The Bertz CT molecular complexity index is 7860. The van der Waals surface area contributed by atoms with Crippen LogP contribution >= 0.6 is 69.3 Å². The maximum absolute atomic E-state index is 14.5. The summed E-state index contributed by atoms with van der Waals surface area (Å²) in [5.74, 6) is 3.62. The number of pyridine rings is 1. The normalized spacial score (nSPS) is 16.3. The maximum Gasteiger partial charge on any atom is 0.433 e. The zero-order chi connectivity index (χ0) is 102. The van der Waals surface area contributed by atoms with E-state index in [4.69, 9.17) is 105 Å². The third kappa shape index (κ3) is 18.1. The van der Waals surface area contributed by atoms with Crippen molar-refractivity contribution in [1.29, 1.82) is 0 Å². The number of carbonyl (C=O) groups excluding carboxylic acids is 7. The van der Waals surface area contributed by atoms with Gasteiger partial charge in [0, 0.05) is 72.8 Å². The van der Waals surface area contributed by atoms with Gasteiger partial charge in [-0.25, -0.2) is 9.18 Å². The lowest BCUT2D eigenvalue weighted by Crippen LogP contribution is -2.27.